The lowest BCUT2D eigenvalue weighted by Gasteiger charge is -2.29. The van der Waals surface area contributed by atoms with E-state index in [2.05, 4.69) is 267 Å². The first-order chi connectivity index (χ1) is 35.4. The summed E-state index contributed by atoms with van der Waals surface area (Å²) in [5, 5.41) is 14.5. The second kappa shape index (κ2) is 18.9. The summed E-state index contributed by atoms with van der Waals surface area (Å²) < 4.78 is 4.94. The highest BCUT2D eigenvalue weighted by Gasteiger charge is 2.27. The van der Waals surface area contributed by atoms with Gasteiger partial charge in [-0.25, -0.2) is 4.99 Å². The number of benzene rings is 10. The van der Waals surface area contributed by atoms with Gasteiger partial charge >= 0.3 is 0 Å². The van der Waals surface area contributed by atoms with Crippen molar-refractivity contribution in [3.8, 4) is 61.3 Å². The van der Waals surface area contributed by atoms with Crippen molar-refractivity contribution in [3.05, 3.63) is 248 Å². The minimum Gasteiger partial charge on any atom is -0.356 e. The van der Waals surface area contributed by atoms with Crippen LogP contribution in [0.4, 0.5) is 0 Å². The van der Waals surface area contributed by atoms with Crippen molar-refractivity contribution in [1.29, 1.82) is 5.41 Å². The normalized spacial score (nSPS) is 12.2. The van der Waals surface area contributed by atoms with Gasteiger partial charge in [-0.3, -0.25) is 5.41 Å². The summed E-state index contributed by atoms with van der Waals surface area (Å²) in [6.45, 7) is 4.45. The zero-order valence-corrected chi connectivity index (χ0v) is 41.4. The van der Waals surface area contributed by atoms with Gasteiger partial charge in [0.25, 0.3) is 0 Å². The van der Waals surface area contributed by atoms with Crippen LogP contribution in [-0.4, -0.2) is 34.2 Å². The highest BCUT2D eigenvalue weighted by atomic mass is 32.1. The molecule has 0 bridgehead atoms. The number of hydrogen-bond acceptors (Lipinski definition) is 2. The highest BCUT2D eigenvalue weighted by molar-refractivity contribution is 7.25. The van der Waals surface area contributed by atoms with E-state index < -0.39 is 0 Å². The van der Waals surface area contributed by atoms with E-state index in [1.807, 2.05) is 0 Å². The maximum atomic E-state index is 9.73. The van der Waals surface area contributed by atoms with E-state index in [9.17, 15) is 5.41 Å². The second-order valence-corrected chi connectivity index (χ2v) is 19.8. The number of aliphatic imine (C=N–C) groups is 1. The smallest absolute Gasteiger partial charge is 0.154 e. The van der Waals surface area contributed by atoms with Gasteiger partial charge in [-0.1, -0.05) is 195 Å². The Morgan fingerprint density at radius 2 is 0.986 bits per heavy atom. The molecule has 0 radical (unpaired) electrons. The van der Waals surface area contributed by atoms with Crippen LogP contribution in [0.2, 0.25) is 0 Å². The molecule has 4 nitrogen and oxygen atoms in total. The lowest BCUT2D eigenvalue weighted by Crippen LogP contribution is -2.36. The first kappa shape index (κ1) is 44.6. The number of thiophene rings is 1. The van der Waals surface area contributed by atoms with Crippen molar-refractivity contribution in [2.45, 2.75) is 26.3 Å². The van der Waals surface area contributed by atoms with E-state index in [0.29, 0.717) is 0 Å². The molecule has 0 saturated heterocycles. The number of aromatic nitrogens is 1. The predicted molar refractivity (Wildman–Crippen MR) is 308 cm³/mol. The molecule has 0 aliphatic carbocycles. The molecule has 346 valence electrons. The minimum atomic E-state index is 0.144. The molecule has 0 fully saturated rings. The molecule has 12 rings (SSSR count). The Morgan fingerprint density at radius 1 is 0.472 bits per heavy atom. The van der Waals surface area contributed by atoms with Crippen molar-refractivity contribution >= 4 is 65.0 Å². The van der Waals surface area contributed by atoms with Gasteiger partial charge in [0.15, 0.2) is 5.84 Å². The van der Waals surface area contributed by atoms with Crippen LogP contribution in [-0.2, 0) is 0 Å². The van der Waals surface area contributed by atoms with Crippen LogP contribution in [0.5, 0.6) is 0 Å². The fraction of sp³-hybridized carbons (Fsp3) is 0.0746. The Kier molecular flexibility index (Phi) is 11.7. The van der Waals surface area contributed by atoms with Gasteiger partial charge in [-0.05, 0) is 101 Å². The molecule has 12 aromatic rings. The number of hydrogen-bond donors (Lipinski definition) is 1. The highest BCUT2D eigenvalue weighted by Crippen LogP contribution is 2.47. The minimum absolute atomic E-state index is 0.144. The average Bonchev–Trinajstić information content (AvgIpc) is 3.99. The largest absolute Gasteiger partial charge is 0.356 e. The van der Waals surface area contributed by atoms with Crippen LogP contribution in [0.15, 0.2) is 242 Å². The first-order valence-electron chi connectivity index (χ1n) is 24.8. The monoisotopic (exact) mass is 944 g/mol. The average molecular weight is 945 g/mol. The number of fused-ring (bicyclic) bond motifs is 6. The van der Waals surface area contributed by atoms with Crippen LogP contribution >= 0.6 is 11.3 Å². The Labute approximate surface area is 425 Å². The lowest BCUT2D eigenvalue weighted by molar-refractivity contribution is 0.382. The fourth-order valence-electron chi connectivity index (χ4n) is 10.4. The molecule has 0 aliphatic rings. The maximum absolute atomic E-state index is 9.73. The third-order valence-corrected chi connectivity index (χ3v) is 15.5. The van der Waals surface area contributed by atoms with Gasteiger partial charge in [0.2, 0.25) is 0 Å². The van der Waals surface area contributed by atoms with E-state index in [1.54, 1.807) is 11.3 Å². The van der Waals surface area contributed by atoms with Gasteiger partial charge in [-0.15, -0.1) is 11.3 Å². The zero-order chi connectivity index (χ0) is 48.7. The quantitative estimate of drug-likeness (QED) is 0.108. The van der Waals surface area contributed by atoms with E-state index in [0.717, 1.165) is 83.7 Å². The molecule has 0 aliphatic heterocycles. The Morgan fingerprint density at radius 3 is 1.58 bits per heavy atom. The third-order valence-electron chi connectivity index (χ3n) is 14.4. The molecule has 72 heavy (non-hydrogen) atoms. The second-order valence-electron chi connectivity index (χ2n) is 18.7. The van der Waals surface area contributed by atoms with Gasteiger partial charge in [0.05, 0.1) is 16.7 Å². The lowest BCUT2D eigenvalue weighted by atomic mass is 9.91. The standard InChI is InChI=1S/C67H52N4S/c1-4-44(2)70(3)67(69-66(68)51-34-36-55-54-32-20-21-33-62(54)72-63(55)43-51)53-41-57(48-28-16-8-17-29-48)64(58(42-53)49-30-18-9-19-31-49)71-61-37-35-50(45-22-10-5-11-23-45)38-59(61)60-40-52(46-24-12-6-13-25-46)39-56(65(60)71)47-26-14-7-15-27-47/h5-44,68H,4H2,1-3H3. The fourth-order valence-corrected chi connectivity index (χ4v) is 11.5. The van der Waals surface area contributed by atoms with Crippen LogP contribution in [0, 0.1) is 5.41 Å². The predicted octanol–water partition coefficient (Wildman–Crippen LogP) is 18.0. The van der Waals surface area contributed by atoms with E-state index in [-0.39, 0.29) is 11.9 Å². The van der Waals surface area contributed by atoms with Crippen molar-refractivity contribution in [3.63, 3.8) is 0 Å². The molecule has 1 unspecified atom stereocenters. The maximum Gasteiger partial charge on any atom is 0.154 e. The number of amidine groups is 2. The van der Waals surface area contributed by atoms with Crippen LogP contribution in [0.25, 0.3) is 103 Å². The molecule has 5 heteroatoms. The Hall–Kier alpha value is -8.64. The van der Waals surface area contributed by atoms with Crippen LogP contribution in [0.1, 0.15) is 31.4 Å². The number of nitrogens with one attached hydrogen (secondary N) is 1. The van der Waals surface area contributed by atoms with Crippen LogP contribution in [0.3, 0.4) is 0 Å². The Balaban J connectivity index is 1.18. The summed E-state index contributed by atoms with van der Waals surface area (Å²) in [6.07, 6.45) is 0.908. The van der Waals surface area contributed by atoms with E-state index >= 15 is 0 Å². The topological polar surface area (TPSA) is 44.4 Å². The van der Waals surface area contributed by atoms with Gasteiger partial charge in [0, 0.05) is 71.9 Å². The Bertz CT molecular complexity index is 3930. The molecule has 0 amide bonds. The molecular formula is C67H52N4S. The van der Waals surface area contributed by atoms with Crippen molar-refractivity contribution < 1.29 is 0 Å². The molecule has 2 heterocycles. The van der Waals surface area contributed by atoms with E-state index in [1.165, 1.54) is 42.9 Å². The molecule has 1 N–H and O–H groups in total. The number of rotatable bonds is 10. The third kappa shape index (κ3) is 8.08. The molecule has 0 saturated carbocycles. The van der Waals surface area contributed by atoms with Gasteiger partial charge in [0.1, 0.15) is 5.84 Å². The molecule has 0 spiro atoms. The zero-order valence-electron chi connectivity index (χ0n) is 40.6. The van der Waals surface area contributed by atoms with Crippen molar-refractivity contribution in [1.82, 2.24) is 9.47 Å². The summed E-state index contributed by atoms with van der Waals surface area (Å²) in [5.41, 5.74) is 16.3. The molecule has 10 aromatic carbocycles. The van der Waals surface area contributed by atoms with Gasteiger partial charge in [-0.2, -0.15) is 0 Å². The first-order valence-corrected chi connectivity index (χ1v) is 25.6. The summed E-state index contributed by atoms with van der Waals surface area (Å²) in [4.78, 5) is 7.62. The number of nitrogens with zero attached hydrogens (tertiary/aromatic N) is 3. The van der Waals surface area contributed by atoms with E-state index in [4.69, 9.17) is 4.99 Å². The molecule has 2 aromatic heterocycles. The summed E-state index contributed by atoms with van der Waals surface area (Å²) in [7, 11) is 2.13. The van der Waals surface area contributed by atoms with Crippen molar-refractivity contribution in [2.24, 2.45) is 4.99 Å². The van der Waals surface area contributed by atoms with Crippen molar-refractivity contribution in [2.75, 3.05) is 7.05 Å². The van der Waals surface area contributed by atoms with Crippen LogP contribution < -0.4 is 0 Å². The summed E-state index contributed by atoms with van der Waals surface area (Å²) in [6, 6.07) is 85.4. The summed E-state index contributed by atoms with van der Waals surface area (Å²) in [5.74, 6) is 0.975. The SMILES string of the molecule is CCC(C)N(C)C(=NC(=N)c1ccc2c(c1)sc1ccccc12)c1cc(-c2ccccc2)c(-n2c3ccc(-c4ccccc4)cc3c3cc(-c4ccccc4)cc(-c4ccccc4)c32)c(-c2ccccc2)c1. The summed E-state index contributed by atoms with van der Waals surface area (Å²) >= 11 is 1.76. The molecule has 1 atom stereocenters. The van der Waals surface area contributed by atoms with Gasteiger partial charge < -0.3 is 9.47 Å². The molecular weight excluding hydrogens is 893 g/mol.